The first-order chi connectivity index (χ1) is 24.7. The van der Waals surface area contributed by atoms with Crippen molar-refractivity contribution in [3.63, 3.8) is 0 Å². The number of anilines is 1. The smallest absolute Gasteiger partial charge is 0.264 e. The number of hydrogen-bond acceptors (Lipinski definition) is 10. The first-order valence-corrected chi connectivity index (χ1v) is 18.1. The second kappa shape index (κ2) is 15.8. The Kier molecular flexibility index (Phi) is 11.6. The van der Waals surface area contributed by atoms with Crippen LogP contribution >= 0.6 is 11.3 Å². The molecule has 2 fully saturated rings. The molecule has 2 aromatic carbocycles. The number of nitrogens with one attached hydrogen (secondary N) is 4. The number of carbonyl (C=O) groups excluding carboxylic acids is 6. The number of hydrogen-bond donors (Lipinski definition) is 5. The van der Waals surface area contributed by atoms with Crippen LogP contribution in [0.15, 0.2) is 53.9 Å². The number of imide groups is 2. The van der Waals surface area contributed by atoms with E-state index >= 15 is 0 Å². The Morgan fingerprint density at radius 3 is 2.33 bits per heavy atom. The zero-order valence-corrected chi connectivity index (χ0v) is 31.1. The van der Waals surface area contributed by atoms with E-state index < -0.39 is 42.0 Å². The van der Waals surface area contributed by atoms with Gasteiger partial charge in [-0.15, -0.1) is 11.3 Å². The number of carbonyl (C=O) groups is 6. The number of aryl methyl sites for hydroxylation is 1. The molecule has 13 nitrogen and oxygen atoms in total. The van der Waals surface area contributed by atoms with Gasteiger partial charge >= 0.3 is 0 Å². The predicted molar refractivity (Wildman–Crippen MR) is 197 cm³/mol. The van der Waals surface area contributed by atoms with Gasteiger partial charge in [-0.25, -0.2) is 0 Å². The highest BCUT2D eigenvalue weighted by molar-refractivity contribution is 7.13. The van der Waals surface area contributed by atoms with E-state index in [1.165, 1.54) is 20.9 Å². The minimum atomic E-state index is -0.931. The Morgan fingerprint density at radius 1 is 1.02 bits per heavy atom. The average Bonchev–Trinajstić information content (AvgIpc) is 3.79. The third-order valence-corrected chi connectivity index (χ3v) is 10.6. The van der Waals surface area contributed by atoms with E-state index in [4.69, 9.17) is 0 Å². The molecule has 0 aliphatic carbocycles. The van der Waals surface area contributed by atoms with E-state index in [1.807, 2.05) is 32.9 Å². The molecule has 3 aliphatic rings. The molecular formula is C38H46N6O7S. The molecule has 2 saturated heterocycles. The van der Waals surface area contributed by atoms with Crippen LogP contribution in [0.2, 0.25) is 0 Å². The molecule has 0 spiro atoms. The lowest BCUT2D eigenvalue weighted by molar-refractivity contribution is -0.142. The van der Waals surface area contributed by atoms with E-state index in [2.05, 4.69) is 51.8 Å². The molecule has 4 heterocycles. The Balaban J connectivity index is 0.000000216. The van der Waals surface area contributed by atoms with Crippen LogP contribution in [0.4, 0.5) is 5.69 Å². The summed E-state index contributed by atoms with van der Waals surface area (Å²) in [6, 6.07) is 13.2. The standard InChI is InChI=1S/C24H33N3O3S.C14H13N3O4/c1-15-10-11-31-20(15)17-8-6-16(7-9-17)13-26-22(29)19-12-18(28)14-27(19)23(30)21(25-5)24(2,3)4;1-15-8-4-2-3-7-11(8)14(21)17(13(7)20)9-5-6-10(18)16-12(9)19/h6-11,18-19,21,25,28H,12-14H2,1-5H3,(H,26,29);2-4,9,15H,5-6H2,1H3,(H,16,18,19)/t18-,19+,21-;/m1./s1. The van der Waals surface area contributed by atoms with E-state index in [0.29, 0.717) is 12.2 Å². The molecule has 0 bridgehead atoms. The summed E-state index contributed by atoms with van der Waals surface area (Å²) in [4.78, 5) is 77.7. The maximum atomic E-state index is 13.1. The molecule has 6 rings (SSSR count). The summed E-state index contributed by atoms with van der Waals surface area (Å²) in [6.07, 6.45) is -0.159. The van der Waals surface area contributed by atoms with Crippen LogP contribution in [0.5, 0.6) is 0 Å². The number of piperidine rings is 1. The van der Waals surface area contributed by atoms with Crippen LogP contribution in [0.1, 0.15) is 71.9 Å². The van der Waals surface area contributed by atoms with Gasteiger partial charge in [0.1, 0.15) is 12.1 Å². The van der Waals surface area contributed by atoms with Crippen LogP contribution in [0, 0.1) is 12.3 Å². The van der Waals surface area contributed by atoms with Crippen molar-refractivity contribution < 1.29 is 33.9 Å². The maximum absolute atomic E-state index is 13.1. The topological polar surface area (TPSA) is 177 Å². The summed E-state index contributed by atoms with van der Waals surface area (Å²) in [6.45, 7) is 8.60. The quantitative estimate of drug-likeness (QED) is 0.218. The van der Waals surface area contributed by atoms with Gasteiger partial charge in [-0.05, 0) is 66.1 Å². The molecule has 4 atom stereocenters. The summed E-state index contributed by atoms with van der Waals surface area (Å²) >= 11 is 1.72. The number of aliphatic hydroxyl groups is 1. The lowest BCUT2D eigenvalue weighted by Gasteiger charge is -2.34. The fourth-order valence-electron chi connectivity index (χ4n) is 6.87. The molecule has 1 aromatic heterocycles. The van der Waals surface area contributed by atoms with Crippen LogP contribution in [-0.4, -0.2) is 95.2 Å². The molecule has 3 aromatic rings. The third-order valence-electron chi connectivity index (χ3n) is 9.55. The van der Waals surface area contributed by atoms with Gasteiger partial charge in [0.2, 0.25) is 23.6 Å². The van der Waals surface area contributed by atoms with Crippen molar-refractivity contribution in [3.05, 3.63) is 76.2 Å². The number of likely N-dealkylation sites (N-methyl/N-ethyl adjacent to an activating group) is 1. The lowest BCUT2D eigenvalue weighted by Crippen LogP contribution is -2.55. The molecule has 276 valence electrons. The molecule has 52 heavy (non-hydrogen) atoms. The Morgan fingerprint density at radius 2 is 1.73 bits per heavy atom. The first kappa shape index (κ1) is 38.3. The van der Waals surface area contributed by atoms with Gasteiger partial charge in [0.25, 0.3) is 11.8 Å². The predicted octanol–water partition coefficient (Wildman–Crippen LogP) is 3.07. The van der Waals surface area contributed by atoms with Crippen LogP contribution in [0.25, 0.3) is 10.4 Å². The monoisotopic (exact) mass is 730 g/mol. The number of nitrogens with zero attached hydrogens (tertiary/aromatic N) is 2. The van der Waals surface area contributed by atoms with E-state index in [0.717, 1.165) is 10.5 Å². The van der Waals surface area contributed by atoms with Crippen molar-refractivity contribution in [2.45, 2.75) is 77.7 Å². The fourth-order valence-corrected chi connectivity index (χ4v) is 7.81. The molecule has 1 unspecified atom stereocenters. The number of likely N-dealkylation sites (tertiary alicyclic amines) is 1. The third kappa shape index (κ3) is 7.93. The van der Waals surface area contributed by atoms with Gasteiger partial charge in [0.15, 0.2) is 0 Å². The normalized spacial score (nSPS) is 20.6. The van der Waals surface area contributed by atoms with Crippen molar-refractivity contribution in [3.8, 4) is 10.4 Å². The van der Waals surface area contributed by atoms with Gasteiger partial charge in [-0.1, -0.05) is 51.1 Å². The van der Waals surface area contributed by atoms with E-state index in [-0.39, 0.29) is 60.1 Å². The van der Waals surface area contributed by atoms with Crippen LogP contribution < -0.4 is 21.3 Å². The van der Waals surface area contributed by atoms with Crippen LogP contribution in [0.3, 0.4) is 0 Å². The summed E-state index contributed by atoms with van der Waals surface area (Å²) in [7, 11) is 3.40. The molecule has 14 heteroatoms. The van der Waals surface area contributed by atoms with E-state index in [1.54, 1.807) is 43.6 Å². The van der Waals surface area contributed by atoms with Gasteiger partial charge in [-0.2, -0.15) is 0 Å². The summed E-state index contributed by atoms with van der Waals surface area (Å²) in [5.41, 5.74) is 4.20. The zero-order valence-electron chi connectivity index (χ0n) is 30.2. The van der Waals surface area contributed by atoms with Crippen molar-refractivity contribution in [1.82, 2.24) is 25.8 Å². The highest BCUT2D eigenvalue weighted by Crippen LogP contribution is 2.32. The molecule has 3 aliphatic heterocycles. The first-order valence-electron chi connectivity index (χ1n) is 17.3. The van der Waals surface area contributed by atoms with Gasteiger partial charge in [0.05, 0.1) is 23.3 Å². The summed E-state index contributed by atoms with van der Waals surface area (Å²) < 4.78 is 0. The molecule has 5 N–H and O–H groups in total. The fraction of sp³-hybridized carbons (Fsp3) is 0.421. The number of aliphatic hydroxyl groups excluding tert-OH is 1. The van der Waals surface area contributed by atoms with Crippen molar-refractivity contribution in [2.75, 3.05) is 26.0 Å². The summed E-state index contributed by atoms with van der Waals surface area (Å²) in [5, 5.41) is 23.3. The Bertz CT molecular complexity index is 1870. The largest absolute Gasteiger partial charge is 0.391 e. The molecular weight excluding hydrogens is 685 g/mol. The Hall–Kier alpha value is -4.92. The molecule has 6 amide bonds. The minimum absolute atomic E-state index is 0.114. The number of thiophene rings is 1. The van der Waals surface area contributed by atoms with Crippen LogP contribution in [-0.2, 0) is 25.7 Å². The summed E-state index contributed by atoms with van der Waals surface area (Å²) in [5.74, 6) is -2.37. The zero-order chi connectivity index (χ0) is 37.9. The minimum Gasteiger partial charge on any atom is -0.391 e. The second-order valence-corrected chi connectivity index (χ2v) is 15.2. The van der Waals surface area contributed by atoms with Crippen molar-refractivity contribution >= 4 is 52.5 Å². The Labute approximate surface area is 307 Å². The highest BCUT2D eigenvalue weighted by Gasteiger charge is 2.46. The number of fused-ring (bicyclic) bond motifs is 1. The lowest BCUT2D eigenvalue weighted by atomic mass is 9.86. The van der Waals surface area contributed by atoms with Crippen molar-refractivity contribution in [2.24, 2.45) is 5.41 Å². The number of β-amino-alcohol motifs (C(OH)–C–C–N with tert-alkyl or cyclic N) is 1. The number of benzene rings is 2. The van der Waals surface area contributed by atoms with Gasteiger partial charge in [-0.3, -0.25) is 39.0 Å². The number of amides is 6. The highest BCUT2D eigenvalue weighted by atomic mass is 32.1. The maximum Gasteiger partial charge on any atom is 0.264 e. The second-order valence-electron chi connectivity index (χ2n) is 14.3. The SMILES string of the molecule is CN[C@H](C(=O)N1C[C@H](O)C[C@H]1C(=O)NCc1ccc(-c2sccc2C)cc1)C(C)(C)C.CNc1cccc2c1C(=O)N(C1CCC(=O)NC1=O)C2=O. The average molecular weight is 731 g/mol. The number of rotatable bonds is 8. The van der Waals surface area contributed by atoms with Crippen molar-refractivity contribution in [1.29, 1.82) is 0 Å². The van der Waals surface area contributed by atoms with E-state index in [9.17, 15) is 33.9 Å². The van der Waals surface area contributed by atoms with Gasteiger partial charge in [0, 0.05) is 43.5 Å². The molecule has 0 saturated carbocycles. The van der Waals surface area contributed by atoms with Gasteiger partial charge < -0.3 is 26.0 Å². The molecule has 0 radical (unpaired) electrons.